The Morgan fingerprint density at radius 2 is 2.29 bits per heavy atom. The Labute approximate surface area is 39.9 Å². The fraction of sp³-hybridized carbons (Fsp3) is 0.333. The normalized spacial score (nSPS) is 12.7. The fourth-order valence-electron chi connectivity index (χ4n) is 0.0504. The number of carbonyl (C=O) groups excluding carboxylic acids is 1. The Hall–Kier alpha value is -0.900. The van der Waals surface area contributed by atoms with Crippen LogP contribution in [-0.4, -0.2) is 23.4 Å². The van der Waals surface area contributed by atoms with Crippen molar-refractivity contribution in [3.8, 4) is 0 Å². The summed E-state index contributed by atoms with van der Waals surface area (Å²) in [4.78, 5) is 18.9. The summed E-state index contributed by atoms with van der Waals surface area (Å²) in [7, 11) is 0. The maximum Gasteiger partial charge on any atom is 0.328 e. The molecule has 0 bridgehead atoms. The van der Waals surface area contributed by atoms with E-state index in [1.54, 1.807) is 0 Å². The molecule has 0 aromatic rings. The Bertz CT molecular complexity index is 90.2. The second kappa shape index (κ2) is 2.30. The van der Waals surface area contributed by atoms with Gasteiger partial charge in [-0.15, -0.1) is 0 Å². The molecule has 4 heteroatoms. The molecule has 0 fully saturated rings. The van der Waals surface area contributed by atoms with Gasteiger partial charge >= 0.3 is 5.97 Å². The maximum absolute atomic E-state index is 9.54. The molecule has 4 nitrogen and oxygen atoms in total. The van der Waals surface area contributed by atoms with Crippen LogP contribution in [0, 0.1) is 0 Å². The first kappa shape index (κ1) is 6.10. The van der Waals surface area contributed by atoms with Crippen LogP contribution in [0.1, 0.15) is 0 Å². The molecule has 0 spiro atoms. The van der Waals surface area contributed by atoms with Crippen LogP contribution < -0.4 is 5.73 Å². The number of aliphatic carboxylic acids is 1. The summed E-state index contributed by atoms with van der Waals surface area (Å²) in [6.07, 6.45) is 1.09. The SMILES string of the molecule is NC([C]=O)C(=O)O. The molecular formula is C3H4NO3. The average molecular weight is 102 g/mol. The van der Waals surface area contributed by atoms with E-state index in [9.17, 15) is 9.59 Å². The van der Waals surface area contributed by atoms with Crippen molar-refractivity contribution in [1.29, 1.82) is 0 Å². The molecule has 1 unspecified atom stereocenters. The lowest BCUT2D eigenvalue weighted by atomic mass is 10.4. The monoisotopic (exact) mass is 102 g/mol. The molecule has 3 N–H and O–H groups in total. The first-order chi connectivity index (χ1) is 3.18. The van der Waals surface area contributed by atoms with Crippen LogP contribution >= 0.6 is 0 Å². The van der Waals surface area contributed by atoms with Gasteiger partial charge in [-0.05, 0) is 0 Å². The Morgan fingerprint density at radius 1 is 1.86 bits per heavy atom. The lowest BCUT2D eigenvalue weighted by Crippen LogP contribution is -2.31. The number of hydrogen-bond acceptors (Lipinski definition) is 3. The molecule has 7 heavy (non-hydrogen) atoms. The summed E-state index contributed by atoms with van der Waals surface area (Å²) in [6, 6.07) is -1.49. The minimum Gasteiger partial charge on any atom is -0.480 e. The zero-order valence-corrected chi connectivity index (χ0v) is 3.42. The lowest BCUT2D eigenvalue weighted by Gasteiger charge is -1.87. The van der Waals surface area contributed by atoms with Gasteiger partial charge in [0.05, 0.1) is 0 Å². The molecule has 0 saturated carbocycles. The molecule has 0 aliphatic heterocycles. The van der Waals surface area contributed by atoms with E-state index in [-0.39, 0.29) is 0 Å². The second-order valence-corrected chi connectivity index (χ2v) is 0.934. The summed E-state index contributed by atoms with van der Waals surface area (Å²) >= 11 is 0. The Morgan fingerprint density at radius 3 is 2.29 bits per heavy atom. The number of carbonyl (C=O) groups is 1. The van der Waals surface area contributed by atoms with Gasteiger partial charge in [0.25, 0.3) is 0 Å². The summed E-state index contributed by atoms with van der Waals surface area (Å²) in [5, 5.41) is 7.79. The van der Waals surface area contributed by atoms with E-state index in [2.05, 4.69) is 5.73 Å². The third-order valence-electron chi connectivity index (χ3n) is 0.393. The van der Waals surface area contributed by atoms with E-state index in [4.69, 9.17) is 5.11 Å². The van der Waals surface area contributed by atoms with Crippen molar-refractivity contribution in [2.24, 2.45) is 5.73 Å². The maximum atomic E-state index is 9.54. The number of rotatable bonds is 2. The molecule has 0 aromatic carbocycles. The molecule has 39 valence electrons. The van der Waals surface area contributed by atoms with Crippen LogP contribution in [0.4, 0.5) is 0 Å². The molecule has 0 heterocycles. The van der Waals surface area contributed by atoms with Gasteiger partial charge < -0.3 is 10.8 Å². The van der Waals surface area contributed by atoms with E-state index in [0.717, 1.165) is 6.29 Å². The molecule has 1 radical (unpaired) electrons. The van der Waals surface area contributed by atoms with Crippen molar-refractivity contribution in [2.45, 2.75) is 6.04 Å². The quantitative estimate of drug-likeness (QED) is 0.416. The van der Waals surface area contributed by atoms with Gasteiger partial charge in [0, 0.05) is 0 Å². The van der Waals surface area contributed by atoms with Gasteiger partial charge in [-0.1, -0.05) is 0 Å². The van der Waals surface area contributed by atoms with E-state index >= 15 is 0 Å². The van der Waals surface area contributed by atoms with Crippen molar-refractivity contribution in [3.63, 3.8) is 0 Å². The van der Waals surface area contributed by atoms with Crippen molar-refractivity contribution < 1.29 is 14.7 Å². The van der Waals surface area contributed by atoms with E-state index in [1.165, 1.54) is 0 Å². The van der Waals surface area contributed by atoms with E-state index in [0.29, 0.717) is 0 Å². The molecule has 0 aromatic heterocycles. The van der Waals surface area contributed by atoms with Crippen LogP contribution in [0.15, 0.2) is 0 Å². The summed E-state index contributed by atoms with van der Waals surface area (Å²) in [5.74, 6) is -1.35. The zero-order chi connectivity index (χ0) is 5.86. The second-order valence-electron chi connectivity index (χ2n) is 0.934. The highest BCUT2D eigenvalue weighted by molar-refractivity contribution is 5.90. The predicted octanol–water partition coefficient (Wildman–Crippen LogP) is -1.49. The molecule has 1 atom stereocenters. The lowest BCUT2D eigenvalue weighted by molar-refractivity contribution is -0.136. The van der Waals surface area contributed by atoms with Gasteiger partial charge in [0.2, 0.25) is 6.29 Å². The molecule has 0 aliphatic carbocycles. The van der Waals surface area contributed by atoms with Gasteiger partial charge in [-0.25, -0.2) is 0 Å². The van der Waals surface area contributed by atoms with Crippen LogP contribution in [0.2, 0.25) is 0 Å². The topological polar surface area (TPSA) is 80.4 Å². The Balaban J connectivity index is 3.55. The van der Waals surface area contributed by atoms with Crippen LogP contribution in [-0.2, 0) is 9.59 Å². The third-order valence-corrected chi connectivity index (χ3v) is 0.393. The van der Waals surface area contributed by atoms with Crippen molar-refractivity contribution in [1.82, 2.24) is 0 Å². The van der Waals surface area contributed by atoms with E-state index < -0.39 is 12.0 Å². The van der Waals surface area contributed by atoms with Gasteiger partial charge in [0.1, 0.15) is 0 Å². The highest BCUT2D eigenvalue weighted by Crippen LogP contribution is 1.66. The van der Waals surface area contributed by atoms with Crippen LogP contribution in [0.5, 0.6) is 0 Å². The number of carboxylic acid groups (broad SMARTS) is 1. The molecule has 0 amide bonds. The minimum absolute atomic E-state index is 1.09. The van der Waals surface area contributed by atoms with Gasteiger partial charge in [-0.2, -0.15) is 0 Å². The van der Waals surface area contributed by atoms with Gasteiger partial charge in [-0.3, -0.25) is 9.59 Å². The highest BCUT2D eigenvalue weighted by atomic mass is 16.4. The summed E-state index contributed by atoms with van der Waals surface area (Å²) < 4.78 is 0. The summed E-state index contributed by atoms with van der Waals surface area (Å²) in [5.41, 5.74) is 4.59. The van der Waals surface area contributed by atoms with Crippen molar-refractivity contribution in [2.75, 3.05) is 0 Å². The van der Waals surface area contributed by atoms with Gasteiger partial charge in [0.15, 0.2) is 6.04 Å². The first-order valence-electron chi connectivity index (χ1n) is 1.54. The van der Waals surface area contributed by atoms with E-state index in [1.807, 2.05) is 0 Å². The first-order valence-corrected chi connectivity index (χ1v) is 1.54. The summed E-state index contributed by atoms with van der Waals surface area (Å²) in [6.45, 7) is 0. The molecule has 0 saturated heterocycles. The molecule has 0 rings (SSSR count). The smallest absolute Gasteiger partial charge is 0.328 e. The number of nitrogens with two attached hydrogens (primary N) is 1. The van der Waals surface area contributed by atoms with Crippen molar-refractivity contribution >= 4 is 12.3 Å². The molecular weight excluding hydrogens is 98.0 g/mol. The number of hydrogen-bond donors (Lipinski definition) is 2. The largest absolute Gasteiger partial charge is 0.480 e. The van der Waals surface area contributed by atoms with Crippen molar-refractivity contribution in [3.05, 3.63) is 0 Å². The minimum atomic E-state index is -1.49. The zero-order valence-electron chi connectivity index (χ0n) is 3.42. The van der Waals surface area contributed by atoms with Crippen LogP contribution in [0.25, 0.3) is 0 Å². The molecule has 0 aliphatic rings. The average Bonchev–Trinajstić information content (AvgIpc) is 1.65. The standard InChI is InChI=1S/C3H4NO3/c4-2(1-5)3(6)7/h2H,4H2,(H,6,7). The number of carboxylic acids is 1. The predicted molar refractivity (Wildman–Crippen MR) is 21.3 cm³/mol. The highest BCUT2D eigenvalue weighted by Gasteiger charge is 2.08. The fourth-order valence-corrected chi connectivity index (χ4v) is 0.0504. The van der Waals surface area contributed by atoms with Crippen LogP contribution in [0.3, 0.4) is 0 Å². The Kier molecular flexibility index (Phi) is 2.01. The third kappa shape index (κ3) is 1.88.